The highest BCUT2D eigenvalue weighted by atomic mass is 19.1. The molecule has 0 bridgehead atoms. The maximum Gasteiger partial charge on any atom is 0.252 e. The van der Waals surface area contributed by atoms with Crippen LogP contribution in [0.2, 0.25) is 0 Å². The normalized spacial score (nSPS) is 14.3. The SMILES string of the molecule is Cc1c(F)ccc2c1C(=O)NC2. The number of benzene rings is 1. The average molecular weight is 165 g/mol. The van der Waals surface area contributed by atoms with Crippen molar-refractivity contribution in [3.05, 3.63) is 34.6 Å². The summed E-state index contributed by atoms with van der Waals surface area (Å²) in [6.45, 7) is 2.15. The smallest absolute Gasteiger partial charge is 0.252 e. The van der Waals surface area contributed by atoms with Gasteiger partial charge in [-0.05, 0) is 24.1 Å². The van der Waals surface area contributed by atoms with Crippen molar-refractivity contribution < 1.29 is 9.18 Å². The largest absolute Gasteiger partial charge is 0.348 e. The zero-order valence-corrected chi connectivity index (χ0v) is 6.65. The molecule has 3 heteroatoms. The summed E-state index contributed by atoms with van der Waals surface area (Å²) in [6, 6.07) is 3.05. The average Bonchev–Trinajstić information content (AvgIpc) is 2.41. The predicted octanol–water partition coefficient (Wildman–Crippen LogP) is 1.38. The van der Waals surface area contributed by atoms with E-state index in [-0.39, 0.29) is 11.7 Å². The van der Waals surface area contributed by atoms with Crippen molar-refractivity contribution in [2.45, 2.75) is 13.5 Å². The van der Waals surface area contributed by atoms with Crippen LogP contribution in [0.4, 0.5) is 4.39 Å². The zero-order valence-electron chi connectivity index (χ0n) is 6.65. The Morgan fingerprint density at radius 2 is 2.25 bits per heavy atom. The first-order valence-electron chi connectivity index (χ1n) is 3.76. The van der Waals surface area contributed by atoms with Gasteiger partial charge in [-0.2, -0.15) is 0 Å². The minimum absolute atomic E-state index is 0.165. The third-order valence-corrected chi connectivity index (χ3v) is 2.15. The monoisotopic (exact) mass is 165 g/mol. The van der Waals surface area contributed by atoms with Gasteiger partial charge >= 0.3 is 0 Å². The fraction of sp³-hybridized carbons (Fsp3) is 0.222. The van der Waals surface area contributed by atoms with E-state index in [2.05, 4.69) is 5.32 Å². The molecule has 1 N–H and O–H groups in total. The Balaban J connectivity index is 2.71. The van der Waals surface area contributed by atoms with Crippen LogP contribution in [0, 0.1) is 12.7 Å². The molecule has 1 amide bonds. The Kier molecular flexibility index (Phi) is 1.40. The van der Waals surface area contributed by atoms with Gasteiger partial charge in [0.1, 0.15) is 5.82 Å². The topological polar surface area (TPSA) is 29.1 Å². The molecule has 0 saturated heterocycles. The van der Waals surface area contributed by atoms with E-state index in [1.165, 1.54) is 6.07 Å². The number of amides is 1. The van der Waals surface area contributed by atoms with Crippen LogP contribution in [-0.2, 0) is 6.54 Å². The molecule has 0 aromatic heterocycles. The molecule has 1 aliphatic rings. The van der Waals surface area contributed by atoms with E-state index in [1.807, 2.05) is 0 Å². The van der Waals surface area contributed by atoms with E-state index < -0.39 is 0 Å². The minimum atomic E-state index is -0.314. The molecule has 1 aliphatic heterocycles. The zero-order chi connectivity index (χ0) is 8.72. The van der Waals surface area contributed by atoms with Gasteiger partial charge in [-0.25, -0.2) is 4.39 Å². The fourth-order valence-corrected chi connectivity index (χ4v) is 1.47. The number of halogens is 1. The first kappa shape index (κ1) is 7.28. The molecule has 2 rings (SSSR count). The van der Waals surface area contributed by atoms with Crippen LogP contribution in [0.5, 0.6) is 0 Å². The van der Waals surface area contributed by atoms with Crippen molar-refractivity contribution in [2.24, 2.45) is 0 Å². The van der Waals surface area contributed by atoms with Gasteiger partial charge in [-0.15, -0.1) is 0 Å². The van der Waals surface area contributed by atoms with Gasteiger partial charge in [0.15, 0.2) is 0 Å². The molecular formula is C9H8FNO. The van der Waals surface area contributed by atoms with E-state index in [9.17, 15) is 9.18 Å². The van der Waals surface area contributed by atoms with Gasteiger partial charge < -0.3 is 5.32 Å². The molecule has 0 unspecified atom stereocenters. The molecule has 0 saturated carbocycles. The summed E-state index contributed by atoms with van der Waals surface area (Å²) >= 11 is 0. The summed E-state index contributed by atoms with van der Waals surface area (Å²) in [5, 5.41) is 2.65. The lowest BCUT2D eigenvalue weighted by Crippen LogP contribution is -2.13. The summed E-state index contributed by atoms with van der Waals surface area (Å²) in [6.07, 6.45) is 0. The number of hydrogen-bond donors (Lipinski definition) is 1. The second-order valence-corrected chi connectivity index (χ2v) is 2.89. The molecule has 0 atom stereocenters. The van der Waals surface area contributed by atoms with Gasteiger partial charge in [0.2, 0.25) is 0 Å². The van der Waals surface area contributed by atoms with Crippen LogP contribution in [-0.4, -0.2) is 5.91 Å². The molecule has 0 fully saturated rings. The van der Waals surface area contributed by atoms with Gasteiger partial charge in [0.05, 0.1) is 5.56 Å². The molecule has 0 radical (unpaired) electrons. The van der Waals surface area contributed by atoms with Crippen molar-refractivity contribution in [1.29, 1.82) is 0 Å². The quantitative estimate of drug-likeness (QED) is 0.618. The lowest BCUT2D eigenvalue weighted by molar-refractivity contribution is 0.0965. The number of rotatable bonds is 0. The van der Waals surface area contributed by atoms with Crippen LogP contribution in [0.3, 0.4) is 0 Å². The Hall–Kier alpha value is -1.38. The van der Waals surface area contributed by atoms with Crippen LogP contribution in [0.15, 0.2) is 12.1 Å². The van der Waals surface area contributed by atoms with Crippen molar-refractivity contribution in [2.75, 3.05) is 0 Å². The molecule has 62 valence electrons. The molecule has 1 aromatic rings. The van der Waals surface area contributed by atoms with Gasteiger partial charge in [-0.1, -0.05) is 6.07 Å². The Labute approximate surface area is 69.4 Å². The number of hydrogen-bond acceptors (Lipinski definition) is 1. The minimum Gasteiger partial charge on any atom is -0.348 e. The van der Waals surface area contributed by atoms with Crippen LogP contribution >= 0.6 is 0 Å². The first-order valence-corrected chi connectivity index (χ1v) is 3.76. The van der Waals surface area contributed by atoms with E-state index in [0.717, 1.165) is 5.56 Å². The third kappa shape index (κ3) is 0.826. The molecule has 0 aliphatic carbocycles. The van der Waals surface area contributed by atoms with E-state index in [0.29, 0.717) is 17.7 Å². The second kappa shape index (κ2) is 2.30. The number of carbonyl (C=O) groups excluding carboxylic acids is 1. The summed E-state index contributed by atoms with van der Waals surface area (Å²) in [7, 11) is 0. The van der Waals surface area contributed by atoms with Crippen LogP contribution in [0.25, 0.3) is 0 Å². The highest BCUT2D eigenvalue weighted by molar-refractivity contribution is 5.99. The van der Waals surface area contributed by atoms with Crippen LogP contribution in [0.1, 0.15) is 21.5 Å². The first-order chi connectivity index (χ1) is 5.70. The van der Waals surface area contributed by atoms with E-state index in [4.69, 9.17) is 0 Å². The second-order valence-electron chi connectivity index (χ2n) is 2.89. The lowest BCUT2D eigenvalue weighted by atomic mass is 10.0. The Bertz CT molecular complexity index is 360. The van der Waals surface area contributed by atoms with E-state index >= 15 is 0 Å². The summed E-state index contributed by atoms with van der Waals surface area (Å²) in [5.41, 5.74) is 1.84. The third-order valence-electron chi connectivity index (χ3n) is 2.15. The molecule has 2 nitrogen and oxygen atoms in total. The summed E-state index contributed by atoms with van der Waals surface area (Å²) in [5.74, 6) is -0.479. The maximum atomic E-state index is 13.0. The lowest BCUT2D eigenvalue weighted by Gasteiger charge is -2.00. The molecule has 12 heavy (non-hydrogen) atoms. The number of carbonyl (C=O) groups is 1. The Morgan fingerprint density at radius 3 is 3.00 bits per heavy atom. The van der Waals surface area contributed by atoms with Crippen molar-refractivity contribution >= 4 is 5.91 Å². The number of nitrogens with one attached hydrogen (secondary N) is 1. The Morgan fingerprint density at radius 1 is 1.50 bits per heavy atom. The predicted molar refractivity (Wildman–Crippen MR) is 42.3 cm³/mol. The van der Waals surface area contributed by atoms with Crippen LogP contribution < -0.4 is 5.32 Å². The highest BCUT2D eigenvalue weighted by Gasteiger charge is 2.22. The summed E-state index contributed by atoms with van der Waals surface area (Å²) in [4.78, 5) is 11.2. The number of fused-ring (bicyclic) bond motifs is 1. The van der Waals surface area contributed by atoms with Gasteiger partial charge in [0, 0.05) is 6.54 Å². The molecule has 1 heterocycles. The van der Waals surface area contributed by atoms with Crippen molar-refractivity contribution in [3.8, 4) is 0 Å². The van der Waals surface area contributed by atoms with Gasteiger partial charge in [-0.3, -0.25) is 4.79 Å². The van der Waals surface area contributed by atoms with Crippen molar-refractivity contribution in [1.82, 2.24) is 5.32 Å². The molecule has 0 spiro atoms. The molecule has 1 aromatic carbocycles. The van der Waals surface area contributed by atoms with E-state index in [1.54, 1.807) is 13.0 Å². The maximum absolute atomic E-state index is 13.0. The molecular weight excluding hydrogens is 157 g/mol. The van der Waals surface area contributed by atoms with Gasteiger partial charge in [0.25, 0.3) is 5.91 Å². The standard InChI is InChI=1S/C9H8FNO/c1-5-7(10)3-2-6-4-11-9(12)8(5)6/h2-3H,4H2,1H3,(H,11,12). The summed E-state index contributed by atoms with van der Waals surface area (Å²) < 4.78 is 13.0. The fourth-order valence-electron chi connectivity index (χ4n) is 1.47. The van der Waals surface area contributed by atoms with Crippen molar-refractivity contribution in [3.63, 3.8) is 0 Å². The highest BCUT2D eigenvalue weighted by Crippen LogP contribution is 2.21.